The summed E-state index contributed by atoms with van der Waals surface area (Å²) in [6, 6.07) is 21.0. The molecule has 2 aromatic rings. The number of nitrogens with zero attached hydrogens (tertiary/aromatic N) is 1. The van der Waals surface area contributed by atoms with Gasteiger partial charge in [-0.3, -0.25) is 4.55 Å². The van der Waals surface area contributed by atoms with E-state index in [4.69, 9.17) is 0 Å². The van der Waals surface area contributed by atoms with Crippen LogP contribution in [0.1, 0.15) is 39.0 Å². The van der Waals surface area contributed by atoms with Crippen LogP contribution in [0, 0.1) is 5.92 Å². The second-order valence-corrected chi connectivity index (χ2v) is 13.1. The van der Waals surface area contributed by atoms with E-state index in [0.717, 1.165) is 56.0 Å². The summed E-state index contributed by atoms with van der Waals surface area (Å²) in [5.74, 6) is 0.0523. The second kappa shape index (κ2) is 11.0. The maximum atomic E-state index is 12.3. The van der Waals surface area contributed by atoms with Crippen molar-refractivity contribution in [3.8, 4) is 0 Å². The molecule has 3 atom stereocenters. The highest BCUT2D eigenvalue weighted by Crippen LogP contribution is 2.37. The molecule has 1 aliphatic rings. The molecule has 1 aliphatic heterocycles. The van der Waals surface area contributed by atoms with Gasteiger partial charge < -0.3 is 4.48 Å². The molecular formula is C25H37NO3PS+. The number of hydrogen-bond donors (Lipinski definition) is 1. The molecule has 0 bridgehead atoms. The van der Waals surface area contributed by atoms with E-state index in [1.165, 1.54) is 10.6 Å². The molecule has 4 nitrogen and oxygen atoms in total. The Labute approximate surface area is 189 Å². The molecule has 0 radical (unpaired) electrons. The summed E-state index contributed by atoms with van der Waals surface area (Å²) in [4.78, 5) is 0. The van der Waals surface area contributed by atoms with Gasteiger partial charge in [0.05, 0.1) is 31.9 Å². The van der Waals surface area contributed by atoms with Crippen molar-refractivity contribution < 1.29 is 17.5 Å². The van der Waals surface area contributed by atoms with Gasteiger partial charge >= 0.3 is 0 Å². The molecule has 6 heteroatoms. The number of likely N-dealkylation sites (tertiary alicyclic amines) is 1. The lowest BCUT2D eigenvalue weighted by molar-refractivity contribution is -0.899. The van der Waals surface area contributed by atoms with Crippen molar-refractivity contribution in [2.45, 2.75) is 44.3 Å². The summed E-state index contributed by atoms with van der Waals surface area (Å²) in [6.45, 7) is 5.16. The first kappa shape index (κ1) is 24.4. The van der Waals surface area contributed by atoms with Crippen LogP contribution >= 0.6 is 7.92 Å². The molecule has 2 aromatic carbocycles. The molecule has 1 fully saturated rings. The highest BCUT2D eigenvalue weighted by atomic mass is 32.2. The van der Waals surface area contributed by atoms with Crippen LogP contribution in [-0.2, 0) is 10.1 Å². The summed E-state index contributed by atoms with van der Waals surface area (Å²) in [5.41, 5.74) is 0. The number of unbranched alkanes of at least 4 members (excludes halogenated alkanes) is 1. The average molecular weight is 463 g/mol. The molecule has 1 saturated heterocycles. The number of hydrogen-bond acceptors (Lipinski definition) is 2. The van der Waals surface area contributed by atoms with Gasteiger partial charge in [0.2, 0.25) is 0 Å². The lowest BCUT2D eigenvalue weighted by atomic mass is 10.0. The van der Waals surface area contributed by atoms with Gasteiger partial charge in [-0.1, -0.05) is 74.0 Å². The molecule has 0 spiro atoms. The largest absolute Gasteiger partial charge is 0.326 e. The van der Waals surface area contributed by atoms with Crippen molar-refractivity contribution in [3.63, 3.8) is 0 Å². The van der Waals surface area contributed by atoms with Crippen LogP contribution in [0.15, 0.2) is 60.7 Å². The fourth-order valence-corrected chi connectivity index (χ4v) is 8.52. The van der Waals surface area contributed by atoms with Gasteiger partial charge in [-0.25, -0.2) is 0 Å². The number of quaternary nitrogens is 1. The minimum Gasteiger partial charge on any atom is -0.326 e. The summed E-state index contributed by atoms with van der Waals surface area (Å²) in [6.07, 6.45) is 5.48. The Balaban J connectivity index is 1.69. The first-order chi connectivity index (χ1) is 14.8. The lowest BCUT2D eigenvalue weighted by Crippen LogP contribution is -2.44. The molecule has 0 aliphatic carbocycles. The Morgan fingerprint density at radius 2 is 1.61 bits per heavy atom. The van der Waals surface area contributed by atoms with Gasteiger partial charge in [-0.2, -0.15) is 8.42 Å². The van der Waals surface area contributed by atoms with Gasteiger partial charge in [0.1, 0.15) is 0 Å². The molecular weight excluding hydrogens is 425 g/mol. The normalized spacial score (nSPS) is 22.6. The monoisotopic (exact) mass is 462 g/mol. The molecule has 0 aromatic heterocycles. The molecule has 170 valence electrons. The van der Waals surface area contributed by atoms with Crippen molar-refractivity contribution in [1.82, 2.24) is 0 Å². The predicted octanol–water partition coefficient (Wildman–Crippen LogP) is 4.42. The molecule has 1 heterocycles. The average Bonchev–Trinajstić information content (AvgIpc) is 3.14. The zero-order valence-electron chi connectivity index (χ0n) is 18.9. The maximum Gasteiger partial charge on any atom is 0.268 e. The van der Waals surface area contributed by atoms with Crippen LogP contribution in [0.25, 0.3) is 0 Å². The number of benzene rings is 2. The quantitative estimate of drug-likeness (QED) is 0.306. The summed E-state index contributed by atoms with van der Waals surface area (Å²) < 4.78 is 35.6. The van der Waals surface area contributed by atoms with Crippen molar-refractivity contribution in [1.29, 1.82) is 0 Å². The van der Waals surface area contributed by atoms with E-state index in [1.807, 2.05) is 12.1 Å². The number of rotatable bonds is 11. The van der Waals surface area contributed by atoms with Gasteiger partial charge in [0.25, 0.3) is 10.1 Å². The maximum absolute atomic E-state index is 12.3. The fourth-order valence-electron chi connectivity index (χ4n) is 4.97. The van der Waals surface area contributed by atoms with Crippen LogP contribution in [0.3, 0.4) is 0 Å². The molecule has 0 saturated carbocycles. The lowest BCUT2D eigenvalue weighted by Gasteiger charge is -2.30. The van der Waals surface area contributed by atoms with Crippen molar-refractivity contribution >= 4 is 28.6 Å². The fraction of sp³-hybridized carbons (Fsp3) is 0.520. The van der Waals surface area contributed by atoms with Crippen LogP contribution in [0.4, 0.5) is 0 Å². The van der Waals surface area contributed by atoms with Crippen LogP contribution < -0.4 is 10.6 Å². The van der Waals surface area contributed by atoms with Gasteiger partial charge in [0, 0.05) is 12.3 Å². The Kier molecular flexibility index (Phi) is 8.69. The third kappa shape index (κ3) is 6.86. The third-order valence-electron chi connectivity index (χ3n) is 6.68. The zero-order valence-corrected chi connectivity index (χ0v) is 20.6. The van der Waals surface area contributed by atoms with E-state index in [-0.39, 0.29) is 5.92 Å². The molecule has 3 unspecified atom stereocenters. The van der Waals surface area contributed by atoms with E-state index in [9.17, 15) is 13.0 Å². The Bertz CT molecular complexity index is 867. The molecule has 3 rings (SSSR count). The standard InChI is InChI=1S/C25H36NO3PS/c1-3-4-18-26(2)19-17-22(21-26)25(31(27,28)29)16-11-20-30(23-12-7-5-8-13-23)24-14-9-6-10-15-24/h5-10,12-15,22,25H,3-4,11,16-21H2,1-2H3/p+1. The van der Waals surface area contributed by atoms with E-state index in [1.54, 1.807) is 0 Å². The minimum absolute atomic E-state index is 0.0523. The van der Waals surface area contributed by atoms with E-state index in [2.05, 4.69) is 62.5 Å². The van der Waals surface area contributed by atoms with Gasteiger partial charge in [-0.05, 0) is 44.0 Å². The Morgan fingerprint density at radius 3 is 2.13 bits per heavy atom. The van der Waals surface area contributed by atoms with Crippen LogP contribution in [-0.4, -0.2) is 55.5 Å². The molecule has 0 amide bonds. The zero-order chi connectivity index (χ0) is 22.3. The van der Waals surface area contributed by atoms with E-state index in [0.29, 0.717) is 6.42 Å². The summed E-state index contributed by atoms with van der Waals surface area (Å²) in [5, 5.41) is 1.99. The van der Waals surface area contributed by atoms with Crippen molar-refractivity contribution in [2.75, 3.05) is 32.8 Å². The topological polar surface area (TPSA) is 54.4 Å². The van der Waals surface area contributed by atoms with Gasteiger partial charge in [-0.15, -0.1) is 0 Å². The van der Waals surface area contributed by atoms with Crippen molar-refractivity contribution in [3.05, 3.63) is 60.7 Å². The van der Waals surface area contributed by atoms with Crippen LogP contribution in [0.2, 0.25) is 0 Å². The predicted molar refractivity (Wildman–Crippen MR) is 132 cm³/mol. The first-order valence-electron chi connectivity index (χ1n) is 11.5. The Hall–Kier alpha value is -1.26. The SMILES string of the molecule is CCCC[N+]1(C)CCC(C(CCCP(c2ccccc2)c2ccccc2)S(=O)(=O)O)C1. The van der Waals surface area contributed by atoms with Gasteiger partial charge in [0.15, 0.2) is 0 Å². The van der Waals surface area contributed by atoms with E-state index < -0.39 is 23.3 Å². The second-order valence-electron chi connectivity index (χ2n) is 9.17. The van der Waals surface area contributed by atoms with E-state index >= 15 is 0 Å². The smallest absolute Gasteiger partial charge is 0.268 e. The Morgan fingerprint density at radius 1 is 1.03 bits per heavy atom. The highest BCUT2D eigenvalue weighted by molar-refractivity contribution is 7.86. The minimum atomic E-state index is -4.05. The summed E-state index contributed by atoms with van der Waals surface area (Å²) >= 11 is 0. The summed E-state index contributed by atoms with van der Waals surface area (Å²) in [7, 11) is -2.35. The first-order valence-corrected chi connectivity index (χ1v) is 14.5. The highest BCUT2D eigenvalue weighted by Gasteiger charge is 2.42. The van der Waals surface area contributed by atoms with Crippen LogP contribution in [0.5, 0.6) is 0 Å². The van der Waals surface area contributed by atoms with Crippen molar-refractivity contribution in [2.24, 2.45) is 5.92 Å². The molecule has 1 N–H and O–H groups in total. The third-order valence-corrected chi connectivity index (χ3v) is 10.7. The molecule has 31 heavy (non-hydrogen) atoms.